The van der Waals surface area contributed by atoms with Crippen molar-refractivity contribution in [2.75, 3.05) is 31.4 Å². The highest BCUT2D eigenvalue weighted by Gasteiger charge is 2.41. The zero-order valence-electron chi connectivity index (χ0n) is 22.1. The maximum Gasteiger partial charge on any atom is 0.385 e. The molecule has 0 spiro atoms. The van der Waals surface area contributed by atoms with Crippen molar-refractivity contribution in [2.45, 2.75) is 13.5 Å². The van der Waals surface area contributed by atoms with Crippen molar-refractivity contribution in [3.63, 3.8) is 0 Å². The van der Waals surface area contributed by atoms with Crippen molar-refractivity contribution >= 4 is 99.8 Å². The van der Waals surface area contributed by atoms with Crippen molar-refractivity contribution in [2.24, 2.45) is 12.0 Å². The van der Waals surface area contributed by atoms with E-state index in [1.807, 2.05) is 68.1 Å². The summed E-state index contributed by atoms with van der Waals surface area (Å²) in [7, 11) is 5.55. The van der Waals surface area contributed by atoms with Gasteiger partial charge >= 0.3 is 5.13 Å². The molecule has 0 aliphatic carbocycles. The number of aryl methyl sites for hydroxylation is 1. The highest BCUT2D eigenvalue weighted by molar-refractivity contribution is 8.23. The molecule has 0 N–H and O–H groups in total. The number of thiazole rings is 2. The molecule has 0 unspecified atom stereocenters. The number of thioether (sulfide) groups is 2. The zero-order valence-corrected chi connectivity index (χ0v) is 26.2. The summed E-state index contributed by atoms with van der Waals surface area (Å²) >= 11 is 12.1. The first kappa shape index (κ1) is 27.4. The number of rotatable bonds is 4. The van der Waals surface area contributed by atoms with Gasteiger partial charge in [-0.15, -0.1) is 23.1 Å². The fraction of sp³-hybridized carbons (Fsp3) is 0.259. The Kier molecular flexibility index (Phi) is 7.47. The molecule has 0 radical (unpaired) electrons. The second-order valence-corrected chi connectivity index (χ2v) is 13.6. The van der Waals surface area contributed by atoms with E-state index in [-0.39, 0.29) is 11.5 Å². The minimum atomic E-state index is -0.215. The number of carbonyl (C=O) groups is 1. The number of hydrogen-bond donors (Lipinski definition) is 0. The highest BCUT2D eigenvalue weighted by Crippen LogP contribution is 2.38. The molecule has 40 heavy (non-hydrogen) atoms. The molecule has 2 aromatic heterocycles. The molecule has 206 valence electrons. The first-order valence-corrected chi connectivity index (χ1v) is 16.3. The number of fused-ring (bicyclic) bond motifs is 1. The number of halogens is 1. The number of carbonyl (C=O) groups excluding carboxylic acids is 1. The fourth-order valence-electron chi connectivity index (χ4n) is 4.56. The van der Waals surface area contributed by atoms with Crippen LogP contribution in [0.5, 0.6) is 5.75 Å². The molecule has 8 nitrogen and oxygen atoms in total. The van der Waals surface area contributed by atoms with Crippen LogP contribution in [0.15, 0.2) is 52.3 Å². The summed E-state index contributed by atoms with van der Waals surface area (Å²) in [4.78, 5) is 36.8. The lowest BCUT2D eigenvalue weighted by Gasteiger charge is -2.13. The third-order valence-corrected chi connectivity index (χ3v) is 11.7. The molecule has 2 aliphatic rings. The van der Waals surface area contributed by atoms with Crippen LogP contribution >= 0.6 is 57.8 Å². The Balaban J connectivity index is 1.57. The molecule has 2 aromatic carbocycles. The first-order chi connectivity index (χ1) is 19.3. The Morgan fingerprint density at radius 1 is 1.12 bits per heavy atom. The van der Waals surface area contributed by atoms with Gasteiger partial charge in [-0.3, -0.25) is 14.2 Å². The molecule has 2 fully saturated rings. The van der Waals surface area contributed by atoms with Crippen LogP contribution in [-0.2, 0) is 18.4 Å². The lowest BCUT2D eigenvalue weighted by atomic mass is 10.2. The molecule has 2 saturated heterocycles. The largest absolute Gasteiger partial charge is 0.497 e. The Hall–Kier alpha value is -2.77. The molecular formula is C27H25ClN5O3S4+. The number of aliphatic imine (C=N–C) groups is 1. The van der Waals surface area contributed by atoms with E-state index < -0.39 is 0 Å². The van der Waals surface area contributed by atoms with Gasteiger partial charge in [-0.05, 0) is 77.5 Å². The number of amidine groups is 1. The summed E-state index contributed by atoms with van der Waals surface area (Å²) in [5.74, 6) is 1.42. The van der Waals surface area contributed by atoms with E-state index in [1.165, 1.54) is 34.4 Å². The maximum atomic E-state index is 14.1. The van der Waals surface area contributed by atoms with Crippen molar-refractivity contribution in [1.29, 1.82) is 0 Å². The van der Waals surface area contributed by atoms with E-state index >= 15 is 0 Å². The number of nitrogens with zero attached hydrogens (tertiary/aromatic N) is 5. The number of amides is 1. The molecule has 13 heteroatoms. The smallest absolute Gasteiger partial charge is 0.385 e. The van der Waals surface area contributed by atoms with Gasteiger partial charge in [0.05, 0.1) is 29.6 Å². The standard InChI is InChI=1S/C27H25ClN5O3S4/c1-5-32-22(34)20(24-30(2)12-13-37-24)39-25(32)21-23(35)33(16-7-9-17(36-4)10-8-16)27(40-21)29-26-31(3)18-11-6-15(28)14-19(18)38-26/h6-11,14H,5,12-13H2,1-4H3/q+1/b24-20+,25-21-. The molecular weight excluding hydrogens is 606 g/mol. The molecule has 0 saturated carbocycles. The zero-order chi connectivity index (χ0) is 28.1. The van der Waals surface area contributed by atoms with Crippen LogP contribution in [-0.4, -0.2) is 47.0 Å². The molecule has 4 heterocycles. The Morgan fingerprint density at radius 3 is 2.58 bits per heavy atom. The van der Waals surface area contributed by atoms with Gasteiger partial charge in [0.25, 0.3) is 16.6 Å². The van der Waals surface area contributed by atoms with Crippen molar-refractivity contribution in [3.8, 4) is 5.75 Å². The summed E-state index contributed by atoms with van der Waals surface area (Å²) in [6.45, 7) is 3.29. The van der Waals surface area contributed by atoms with Crippen LogP contribution in [0.4, 0.5) is 10.8 Å². The maximum absolute atomic E-state index is 14.1. The van der Waals surface area contributed by atoms with Gasteiger partial charge < -0.3 is 9.64 Å². The molecule has 0 atom stereocenters. The average molecular weight is 631 g/mol. The van der Waals surface area contributed by atoms with Gasteiger partial charge in [-0.1, -0.05) is 11.6 Å². The van der Waals surface area contributed by atoms with Gasteiger partial charge in [-0.2, -0.15) is 0 Å². The lowest BCUT2D eigenvalue weighted by molar-refractivity contribution is -0.627. The minimum absolute atomic E-state index is 0.0613. The second-order valence-electron chi connectivity index (χ2n) is 9.08. The summed E-state index contributed by atoms with van der Waals surface area (Å²) < 4.78 is 11.4. The van der Waals surface area contributed by atoms with E-state index in [9.17, 15) is 9.59 Å². The van der Waals surface area contributed by atoms with Gasteiger partial charge in [0.15, 0.2) is 0 Å². The Bertz CT molecular complexity index is 1880. The predicted molar refractivity (Wildman–Crippen MR) is 169 cm³/mol. The van der Waals surface area contributed by atoms with Crippen LogP contribution in [0, 0.1) is 0 Å². The number of anilines is 1. The van der Waals surface area contributed by atoms with Gasteiger partial charge in [0.1, 0.15) is 25.4 Å². The lowest BCUT2D eigenvalue weighted by Crippen LogP contribution is -2.34. The first-order valence-electron chi connectivity index (χ1n) is 12.5. The number of aromatic nitrogens is 2. The number of ether oxygens (including phenoxy) is 1. The highest BCUT2D eigenvalue weighted by atomic mass is 35.5. The summed E-state index contributed by atoms with van der Waals surface area (Å²) in [6.07, 6.45) is 0. The fourth-order valence-corrected chi connectivity index (χ4v) is 9.66. The third kappa shape index (κ3) is 4.65. The van der Waals surface area contributed by atoms with Crippen LogP contribution in [0.25, 0.3) is 20.2 Å². The summed E-state index contributed by atoms with van der Waals surface area (Å²) in [6, 6.07) is 13.1. The molecule has 4 aromatic rings. The number of methoxy groups -OCH3 is 1. The van der Waals surface area contributed by atoms with Crippen LogP contribution in [0.3, 0.4) is 0 Å². The monoisotopic (exact) mass is 630 g/mol. The predicted octanol–water partition coefficient (Wildman–Crippen LogP) is 3.95. The van der Waals surface area contributed by atoms with E-state index in [0.29, 0.717) is 42.3 Å². The van der Waals surface area contributed by atoms with E-state index in [1.54, 1.807) is 28.3 Å². The molecule has 1 amide bonds. The van der Waals surface area contributed by atoms with E-state index in [2.05, 4.69) is 4.90 Å². The average Bonchev–Trinajstić information content (AvgIpc) is 3.68. The van der Waals surface area contributed by atoms with Crippen molar-refractivity contribution < 1.29 is 14.1 Å². The normalized spacial score (nSPS) is 19.5. The second kappa shape index (κ2) is 10.9. The van der Waals surface area contributed by atoms with Gasteiger partial charge in [0.2, 0.25) is 0 Å². The number of benzene rings is 2. The Labute approximate surface area is 251 Å². The topological polar surface area (TPSA) is 71.0 Å². The SMILES string of the molecule is CCn1c(=O)/c(=C2\SCCN2C)s/c1=C1\S/C(=N\c2sc3cc(Cl)ccc3[n+]2C)N(c2ccc(OC)cc2)C1=O. The van der Waals surface area contributed by atoms with Crippen LogP contribution in [0.1, 0.15) is 6.92 Å². The molecule has 6 rings (SSSR count). The van der Waals surface area contributed by atoms with E-state index in [4.69, 9.17) is 21.3 Å². The van der Waals surface area contributed by atoms with Crippen LogP contribution in [0.2, 0.25) is 5.02 Å². The van der Waals surface area contributed by atoms with Gasteiger partial charge in [0, 0.05) is 30.9 Å². The third-order valence-electron chi connectivity index (χ3n) is 6.68. The number of hydrogen-bond acceptors (Lipinski definition) is 9. The van der Waals surface area contributed by atoms with Gasteiger partial charge in [-0.25, -0.2) is 9.47 Å². The summed E-state index contributed by atoms with van der Waals surface area (Å²) in [5.41, 5.74) is 1.61. The van der Waals surface area contributed by atoms with Crippen LogP contribution < -0.4 is 29.0 Å². The van der Waals surface area contributed by atoms with Crippen molar-refractivity contribution in [3.05, 3.63) is 67.0 Å². The summed E-state index contributed by atoms with van der Waals surface area (Å²) in [5, 5.41) is 2.87. The van der Waals surface area contributed by atoms with Crippen molar-refractivity contribution in [1.82, 2.24) is 9.47 Å². The molecule has 0 bridgehead atoms. The Morgan fingerprint density at radius 2 is 1.90 bits per heavy atom. The minimum Gasteiger partial charge on any atom is -0.497 e. The molecule has 2 aliphatic heterocycles. The quantitative estimate of drug-likeness (QED) is 0.318. The van der Waals surface area contributed by atoms with E-state index in [0.717, 1.165) is 32.7 Å².